The van der Waals surface area contributed by atoms with E-state index in [1.165, 1.54) is 12.3 Å². The Morgan fingerprint density at radius 1 is 1.33 bits per heavy atom. The van der Waals surface area contributed by atoms with E-state index in [4.69, 9.17) is 32.7 Å². The maximum Gasteiger partial charge on any atom is 0.334 e. The van der Waals surface area contributed by atoms with E-state index in [0.717, 1.165) is 0 Å². The third-order valence-corrected chi connectivity index (χ3v) is 2.85. The normalized spacial score (nSPS) is 12.1. The molecule has 0 radical (unpaired) electrons. The van der Waals surface area contributed by atoms with Crippen LogP contribution in [0.15, 0.2) is 41.0 Å². The first kappa shape index (κ1) is 12.8. The summed E-state index contributed by atoms with van der Waals surface area (Å²) in [5.74, 6) is -0.760. The molecule has 0 spiro atoms. The molecule has 1 atom stereocenters. The van der Waals surface area contributed by atoms with Gasteiger partial charge in [-0.2, -0.15) is 0 Å². The zero-order valence-corrected chi connectivity index (χ0v) is 10.6. The van der Waals surface area contributed by atoms with Gasteiger partial charge in [-0.3, -0.25) is 0 Å². The second kappa shape index (κ2) is 5.33. The molecule has 1 unspecified atom stereocenters. The van der Waals surface area contributed by atoms with E-state index >= 15 is 0 Å². The lowest BCUT2D eigenvalue weighted by molar-refractivity contribution is -0.138. The number of halogens is 2. The number of carboxylic acid groups (broad SMARTS) is 1. The number of anilines is 1. The molecule has 0 fully saturated rings. The fraction of sp³-hybridized carbons (Fsp3) is 0.0833. The topological polar surface area (TPSA) is 62.5 Å². The lowest BCUT2D eigenvalue weighted by Gasteiger charge is -2.14. The summed E-state index contributed by atoms with van der Waals surface area (Å²) in [5, 5.41) is 12.8. The molecule has 0 aliphatic carbocycles. The lowest BCUT2D eigenvalue weighted by Crippen LogP contribution is -2.20. The van der Waals surface area contributed by atoms with Crippen molar-refractivity contribution >= 4 is 34.9 Å². The van der Waals surface area contributed by atoms with Gasteiger partial charge in [-0.15, -0.1) is 0 Å². The fourth-order valence-electron chi connectivity index (χ4n) is 1.47. The Kier molecular flexibility index (Phi) is 3.79. The molecule has 0 bridgehead atoms. The summed E-state index contributed by atoms with van der Waals surface area (Å²) in [6.07, 6.45) is 1.41. The first-order valence-corrected chi connectivity index (χ1v) is 5.81. The number of rotatable bonds is 4. The molecule has 0 saturated carbocycles. The summed E-state index contributed by atoms with van der Waals surface area (Å²) in [6, 6.07) is 6.97. The minimum atomic E-state index is -1.06. The van der Waals surface area contributed by atoms with E-state index in [1.807, 2.05) is 0 Å². The summed E-state index contributed by atoms with van der Waals surface area (Å²) < 4.78 is 5.08. The van der Waals surface area contributed by atoms with E-state index in [9.17, 15) is 4.79 Å². The second-order valence-corrected chi connectivity index (χ2v) is 4.40. The third kappa shape index (κ3) is 2.78. The molecule has 1 aromatic heterocycles. The van der Waals surface area contributed by atoms with E-state index in [2.05, 4.69) is 5.32 Å². The van der Waals surface area contributed by atoms with E-state index < -0.39 is 12.0 Å². The van der Waals surface area contributed by atoms with Gasteiger partial charge in [0.1, 0.15) is 5.76 Å². The molecule has 0 saturated heterocycles. The Labute approximate surface area is 113 Å². The Balaban J connectivity index is 2.27. The Morgan fingerprint density at radius 2 is 2.11 bits per heavy atom. The maximum atomic E-state index is 11.2. The largest absolute Gasteiger partial charge is 0.479 e. The highest BCUT2D eigenvalue weighted by atomic mass is 35.5. The number of nitrogens with one attached hydrogen (secondary N) is 1. The number of carbonyl (C=O) groups is 1. The van der Waals surface area contributed by atoms with Crippen LogP contribution in [0.4, 0.5) is 5.69 Å². The van der Waals surface area contributed by atoms with Crippen molar-refractivity contribution in [2.75, 3.05) is 5.32 Å². The quantitative estimate of drug-likeness (QED) is 0.896. The number of furan rings is 1. The van der Waals surface area contributed by atoms with Crippen LogP contribution in [0.25, 0.3) is 0 Å². The molecule has 6 heteroatoms. The Bertz CT molecular complexity index is 554. The van der Waals surface area contributed by atoms with Gasteiger partial charge in [-0.1, -0.05) is 23.2 Å². The van der Waals surface area contributed by atoms with E-state index in [-0.39, 0.29) is 0 Å². The molecule has 0 aliphatic rings. The van der Waals surface area contributed by atoms with Crippen molar-refractivity contribution in [3.8, 4) is 0 Å². The van der Waals surface area contributed by atoms with Gasteiger partial charge in [-0.05, 0) is 30.3 Å². The number of hydrogen-bond donors (Lipinski definition) is 2. The zero-order valence-electron chi connectivity index (χ0n) is 9.06. The van der Waals surface area contributed by atoms with Crippen LogP contribution < -0.4 is 5.32 Å². The maximum absolute atomic E-state index is 11.2. The first-order valence-electron chi connectivity index (χ1n) is 5.05. The zero-order chi connectivity index (χ0) is 13.1. The highest BCUT2D eigenvalue weighted by Gasteiger charge is 2.23. The molecular formula is C12H9Cl2NO3. The van der Waals surface area contributed by atoms with Gasteiger partial charge in [0.2, 0.25) is 0 Å². The van der Waals surface area contributed by atoms with E-state index in [0.29, 0.717) is 21.5 Å². The SMILES string of the molecule is O=C(O)C(Nc1ccc(Cl)cc1Cl)c1ccco1. The minimum Gasteiger partial charge on any atom is -0.479 e. The molecule has 18 heavy (non-hydrogen) atoms. The van der Waals surface area contributed by atoms with Crippen molar-refractivity contribution in [3.63, 3.8) is 0 Å². The summed E-state index contributed by atoms with van der Waals surface area (Å²) >= 11 is 11.7. The average molecular weight is 286 g/mol. The summed E-state index contributed by atoms with van der Waals surface area (Å²) in [5.41, 5.74) is 0.477. The fourth-order valence-corrected chi connectivity index (χ4v) is 1.94. The van der Waals surface area contributed by atoms with Crippen LogP contribution in [-0.4, -0.2) is 11.1 Å². The van der Waals surface area contributed by atoms with Crippen LogP contribution in [0.1, 0.15) is 11.8 Å². The molecule has 2 rings (SSSR count). The van der Waals surface area contributed by atoms with E-state index in [1.54, 1.807) is 24.3 Å². The molecule has 0 amide bonds. The minimum absolute atomic E-state index is 0.300. The third-order valence-electron chi connectivity index (χ3n) is 2.31. The van der Waals surface area contributed by atoms with Crippen LogP contribution in [0.5, 0.6) is 0 Å². The standard InChI is InChI=1S/C12H9Cl2NO3/c13-7-3-4-9(8(14)6-7)15-11(12(16)17)10-2-1-5-18-10/h1-6,11,15H,(H,16,17). The molecule has 4 nitrogen and oxygen atoms in total. The van der Waals surface area contributed by atoms with Crippen LogP contribution in [0, 0.1) is 0 Å². The smallest absolute Gasteiger partial charge is 0.334 e. The highest BCUT2D eigenvalue weighted by molar-refractivity contribution is 6.36. The summed E-state index contributed by atoms with van der Waals surface area (Å²) in [4.78, 5) is 11.2. The molecular weight excluding hydrogens is 277 g/mol. The highest BCUT2D eigenvalue weighted by Crippen LogP contribution is 2.29. The van der Waals surface area contributed by atoms with Gasteiger partial charge in [0.05, 0.1) is 17.0 Å². The monoisotopic (exact) mass is 285 g/mol. The van der Waals surface area contributed by atoms with Crippen molar-refractivity contribution in [1.82, 2.24) is 0 Å². The van der Waals surface area contributed by atoms with Crippen molar-refractivity contribution in [2.45, 2.75) is 6.04 Å². The van der Waals surface area contributed by atoms with Gasteiger partial charge in [0, 0.05) is 5.02 Å². The van der Waals surface area contributed by atoms with Crippen molar-refractivity contribution in [2.24, 2.45) is 0 Å². The molecule has 1 heterocycles. The molecule has 2 N–H and O–H groups in total. The first-order chi connectivity index (χ1) is 8.58. The van der Waals surface area contributed by atoms with Gasteiger partial charge < -0.3 is 14.8 Å². The van der Waals surface area contributed by atoms with Gasteiger partial charge in [0.15, 0.2) is 6.04 Å². The van der Waals surface area contributed by atoms with Crippen LogP contribution in [0.3, 0.4) is 0 Å². The Hall–Kier alpha value is -1.65. The second-order valence-electron chi connectivity index (χ2n) is 3.56. The van der Waals surface area contributed by atoms with Gasteiger partial charge >= 0.3 is 5.97 Å². The molecule has 0 aliphatic heterocycles. The predicted molar refractivity (Wildman–Crippen MR) is 69.2 cm³/mol. The van der Waals surface area contributed by atoms with Crippen molar-refractivity contribution in [3.05, 3.63) is 52.4 Å². The number of carboxylic acids is 1. The van der Waals surface area contributed by atoms with Crippen LogP contribution in [-0.2, 0) is 4.79 Å². The van der Waals surface area contributed by atoms with Crippen molar-refractivity contribution < 1.29 is 14.3 Å². The summed E-state index contributed by atoms with van der Waals surface area (Å²) in [6.45, 7) is 0. The number of hydrogen-bond acceptors (Lipinski definition) is 3. The van der Waals surface area contributed by atoms with Crippen molar-refractivity contribution in [1.29, 1.82) is 0 Å². The molecule has 1 aromatic carbocycles. The lowest BCUT2D eigenvalue weighted by atomic mass is 10.2. The Morgan fingerprint density at radius 3 is 2.67 bits per heavy atom. The number of aliphatic carboxylic acids is 1. The average Bonchev–Trinajstić information content (AvgIpc) is 2.80. The van der Waals surface area contributed by atoms with Crippen LogP contribution in [0.2, 0.25) is 10.0 Å². The van der Waals surface area contributed by atoms with Crippen LogP contribution >= 0.6 is 23.2 Å². The molecule has 94 valence electrons. The van der Waals surface area contributed by atoms with Gasteiger partial charge in [-0.25, -0.2) is 4.79 Å². The number of benzene rings is 1. The summed E-state index contributed by atoms with van der Waals surface area (Å²) in [7, 11) is 0. The predicted octanol–water partition coefficient (Wildman–Crippen LogP) is 3.82. The van der Waals surface area contributed by atoms with Gasteiger partial charge in [0.25, 0.3) is 0 Å². The molecule has 2 aromatic rings.